The zero-order valence-electron chi connectivity index (χ0n) is 18.6. The number of aliphatic hydroxyl groups excluding tert-OH is 1. The van der Waals surface area contributed by atoms with Crippen molar-refractivity contribution in [2.45, 2.75) is 17.7 Å². The van der Waals surface area contributed by atoms with Crippen molar-refractivity contribution in [2.24, 2.45) is 11.5 Å². The van der Waals surface area contributed by atoms with Gasteiger partial charge in [0.15, 0.2) is 0 Å². The molecule has 0 heterocycles. The van der Waals surface area contributed by atoms with E-state index in [0.717, 1.165) is 9.80 Å². The predicted octanol–water partition coefficient (Wildman–Crippen LogP) is -4.66. The monoisotopic (exact) mass is 498 g/mol. The molecular formula is C18H34N4O12. The van der Waals surface area contributed by atoms with Crippen LogP contribution in [0.3, 0.4) is 0 Å². The number of aliphatic hydroxyl groups is 2. The minimum absolute atomic E-state index is 0.0767. The highest BCUT2D eigenvalue weighted by Gasteiger charge is 2.46. The first kappa shape index (κ1) is 31.6. The molecule has 10 N–H and O–H groups in total. The van der Waals surface area contributed by atoms with Gasteiger partial charge in [-0.3, -0.25) is 29.0 Å². The van der Waals surface area contributed by atoms with Crippen LogP contribution in [0.1, 0.15) is 0 Å². The minimum atomic E-state index is -2.28. The zero-order valence-corrected chi connectivity index (χ0v) is 18.6. The maximum Gasteiger partial charge on any atom is 0.317 e. The van der Waals surface area contributed by atoms with E-state index in [9.17, 15) is 39.6 Å². The fourth-order valence-electron chi connectivity index (χ4n) is 3.08. The largest absolute Gasteiger partial charge is 0.480 e. The van der Waals surface area contributed by atoms with Crippen molar-refractivity contribution < 1.29 is 59.3 Å². The third-order valence-corrected chi connectivity index (χ3v) is 4.69. The van der Waals surface area contributed by atoms with Gasteiger partial charge in [0.2, 0.25) is 0 Å². The first-order valence-electron chi connectivity index (χ1n) is 10.1. The summed E-state index contributed by atoms with van der Waals surface area (Å²) in [7, 11) is 0. The third kappa shape index (κ3) is 12.1. The molecule has 16 heteroatoms. The maximum absolute atomic E-state index is 11.3. The lowest BCUT2D eigenvalue weighted by Gasteiger charge is -2.43. The average molecular weight is 498 g/mol. The molecule has 0 saturated carbocycles. The van der Waals surface area contributed by atoms with Crippen molar-refractivity contribution in [1.29, 1.82) is 0 Å². The molecule has 198 valence electrons. The summed E-state index contributed by atoms with van der Waals surface area (Å²) < 4.78 is 10.6. The van der Waals surface area contributed by atoms with Crippen LogP contribution < -0.4 is 11.5 Å². The minimum Gasteiger partial charge on any atom is -0.480 e. The van der Waals surface area contributed by atoms with E-state index < -0.39 is 81.0 Å². The molecule has 0 fully saturated rings. The second-order valence-corrected chi connectivity index (χ2v) is 7.40. The lowest BCUT2D eigenvalue weighted by molar-refractivity contribution is -0.155. The van der Waals surface area contributed by atoms with E-state index >= 15 is 0 Å². The number of nitrogens with zero attached hydrogens (tertiary/aromatic N) is 2. The molecule has 16 nitrogen and oxygen atoms in total. The SMILES string of the molecule is NCCOCC(N)C(O)(CO)C(COCCN(CC(=O)O)CC(=O)O)N(CC(=O)O)CC(=O)O. The number of carboxylic acid groups (broad SMARTS) is 4. The molecule has 0 rings (SSSR count). The van der Waals surface area contributed by atoms with E-state index in [0.29, 0.717) is 0 Å². The second kappa shape index (κ2) is 16.2. The molecule has 3 atom stereocenters. The van der Waals surface area contributed by atoms with E-state index in [1.807, 2.05) is 0 Å². The van der Waals surface area contributed by atoms with Gasteiger partial charge in [-0.25, -0.2) is 0 Å². The van der Waals surface area contributed by atoms with Gasteiger partial charge in [-0.15, -0.1) is 0 Å². The molecule has 0 bridgehead atoms. The van der Waals surface area contributed by atoms with Crippen LogP contribution in [-0.2, 0) is 28.7 Å². The van der Waals surface area contributed by atoms with Crippen LogP contribution >= 0.6 is 0 Å². The predicted molar refractivity (Wildman–Crippen MR) is 113 cm³/mol. The van der Waals surface area contributed by atoms with Gasteiger partial charge >= 0.3 is 23.9 Å². The number of rotatable bonds is 21. The number of carbonyl (C=O) groups is 4. The average Bonchev–Trinajstić information content (AvgIpc) is 2.71. The van der Waals surface area contributed by atoms with E-state index in [2.05, 4.69) is 0 Å². The standard InChI is InChI=1S/C18H34N4O12/c19-1-3-33-9-12(20)18(32,11-23)13(22(7-16(28)29)8-17(30)31)10-34-4-2-21(5-14(24)25)6-15(26)27/h12-13,23,32H,1-11,19-20H2,(H,24,25)(H,26,27)(H,28,29)(H,30,31). The lowest BCUT2D eigenvalue weighted by atomic mass is 9.86. The number of hydrogen-bond acceptors (Lipinski definition) is 12. The first-order chi connectivity index (χ1) is 15.9. The molecular weight excluding hydrogens is 464 g/mol. The van der Waals surface area contributed by atoms with Gasteiger partial charge in [0.1, 0.15) is 5.60 Å². The Morgan fingerprint density at radius 1 is 0.824 bits per heavy atom. The fourth-order valence-corrected chi connectivity index (χ4v) is 3.08. The molecule has 0 spiro atoms. The summed E-state index contributed by atoms with van der Waals surface area (Å²) in [6, 6.07) is -2.76. The van der Waals surface area contributed by atoms with Crippen molar-refractivity contribution in [2.75, 3.05) is 72.3 Å². The smallest absolute Gasteiger partial charge is 0.317 e. The van der Waals surface area contributed by atoms with Crippen LogP contribution in [-0.4, -0.2) is 154 Å². The molecule has 0 aromatic rings. The van der Waals surface area contributed by atoms with Crippen molar-refractivity contribution in [3.8, 4) is 0 Å². The molecule has 0 aromatic carbocycles. The highest BCUT2D eigenvalue weighted by atomic mass is 16.5. The Bertz CT molecular complexity index is 635. The second-order valence-electron chi connectivity index (χ2n) is 7.40. The number of aliphatic carboxylic acids is 4. The molecule has 0 aliphatic carbocycles. The fraction of sp³-hybridized carbons (Fsp3) is 0.778. The van der Waals surface area contributed by atoms with Gasteiger partial charge in [-0.05, 0) is 0 Å². The quantitative estimate of drug-likeness (QED) is 0.0691. The number of ether oxygens (including phenoxy) is 2. The van der Waals surface area contributed by atoms with Crippen LogP contribution in [0, 0.1) is 0 Å². The van der Waals surface area contributed by atoms with Gasteiger partial charge in [-0.2, -0.15) is 0 Å². The van der Waals surface area contributed by atoms with E-state index in [1.165, 1.54) is 0 Å². The zero-order chi connectivity index (χ0) is 26.3. The number of nitrogens with two attached hydrogens (primary N) is 2. The highest BCUT2D eigenvalue weighted by Crippen LogP contribution is 2.21. The van der Waals surface area contributed by atoms with Gasteiger partial charge in [-0.1, -0.05) is 0 Å². The molecule has 0 aromatic heterocycles. The molecule has 0 radical (unpaired) electrons. The Morgan fingerprint density at radius 3 is 1.71 bits per heavy atom. The highest BCUT2D eigenvalue weighted by molar-refractivity contribution is 5.73. The Morgan fingerprint density at radius 2 is 1.29 bits per heavy atom. The topological polar surface area (TPSA) is 267 Å². The molecule has 3 unspecified atom stereocenters. The maximum atomic E-state index is 11.3. The van der Waals surface area contributed by atoms with E-state index in [1.54, 1.807) is 0 Å². The number of hydrogen-bond donors (Lipinski definition) is 8. The van der Waals surface area contributed by atoms with Crippen molar-refractivity contribution in [1.82, 2.24) is 9.80 Å². The Balaban J connectivity index is 5.64. The van der Waals surface area contributed by atoms with E-state index in [-0.39, 0.29) is 32.9 Å². The summed E-state index contributed by atoms with van der Waals surface area (Å²) in [5, 5.41) is 57.2. The van der Waals surface area contributed by atoms with Crippen LogP contribution in [0.2, 0.25) is 0 Å². The van der Waals surface area contributed by atoms with Crippen molar-refractivity contribution in [3.63, 3.8) is 0 Å². The molecule has 0 aliphatic heterocycles. The Labute approximate surface area is 195 Å². The van der Waals surface area contributed by atoms with Crippen molar-refractivity contribution in [3.05, 3.63) is 0 Å². The summed E-state index contributed by atoms with van der Waals surface area (Å²) in [5.41, 5.74) is 9.02. The number of carboxylic acids is 4. The molecule has 0 aliphatic rings. The molecule has 34 heavy (non-hydrogen) atoms. The Hall–Kier alpha value is -2.44. The van der Waals surface area contributed by atoms with Crippen molar-refractivity contribution >= 4 is 23.9 Å². The summed E-state index contributed by atoms with van der Waals surface area (Å²) in [4.78, 5) is 46.3. The van der Waals surface area contributed by atoms with Gasteiger partial charge < -0.3 is 51.6 Å². The Kier molecular flexibility index (Phi) is 15.1. The molecule has 0 amide bonds. The summed E-state index contributed by atoms with van der Waals surface area (Å²) in [6.07, 6.45) is 0. The lowest BCUT2D eigenvalue weighted by Crippen LogP contribution is -2.67. The van der Waals surface area contributed by atoms with Crippen LogP contribution in [0.15, 0.2) is 0 Å². The van der Waals surface area contributed by atoms with Gasteiger partial charge in [0.25, 0.3) is 0 Å². The normalized spacial score (nSPS) is 15.1. The third-order valence-electron chi connectivity index (χ3n) is 4.69. The van der Waals surface area contributed by atoms with Gasteiger partial charge in [0.05, 0.1) is 71.3 Å². The van der Waals surface area contributed by atoms with Gasteiger partial charge in [0, 0.05) is 13.1 Å². The summed E-state index contributed by atoms with van der Waals surface area (Å²) in [5.74, 6) is -5.39. The summed E-state index contributed by atoms with van der Waals surface area (Å²) in [6.45, 7) is -4.91. The molecule has 0 saturated heterocycles. The first-order valence-corrected chi connectivity index (χ1v) is 10.1. The van der Waals surface area contributed by atoms with Crippen LogP contribution in [0.25, 0.3) is 0 Å². The van der Waals surface area contributed by atoms with Crippen LogP contribution in [0.4, 0.5) is 0 Å². The van der Waals surface area contributed by atoms with Crippen LogP contribution in [0.5, 0.6) is 0 Å². The summed E-state index contributed by atoms with van der Waals surface area (Å²) >= 11 is 0. The van der Waals surface area contributed by atoms with E-state index in [4.69, 9.17) is 31.2 Å².